The highest BCUT2D eigenvalue weighted by Gasteiger charge is 2.38. The molecule has 0 bridgehead atoms. The number of nitrogens with two attached hydrogens (primary N) is 1. The Balaban J connectivity index is 2.66. The first-order valence-corrected chi connectivity index (χ1v) is 5.96. The number of aromatic hydroxyl groups is 1. The van der Waals surface area contributed by atoms with E-state index in [9.17, 15) is 9.50 Å². The minimum absolute atomic E-state index is 0.222. The Labute approximate surface area is 106 Å². The standard InChI is InChI=1S/C13H18FNO3/c1-17-9-7-8(16)11(14)10(12(9)18-2)13(15)5-3-4-6-13/h7,16H,3-6,15H2,1-2H3. The molecule has 0 heterocycles. The van der Waals surface area contributed by atoms with E-state index in [0.717, 1.165) is 12.8 Å². The lowest BCUT2D eigenvalue weighted by molar-refractivity contribution is 0.319. The summed E-state index contributed by atoms with van der Waals surface area (Å²) in [5.74, 6) is -0.600. The van der Waals surface area contributed by atoms with Crippen molar-refractivity contribution in [3.05, 3.63) is 17.4 Å². The fourth-order valence-corrected chi connectivity index (χ4v) is 2.66. The molecule has 0 atom stereocenters. The Morgan fingerprint density at radius 2 is 1.89 bits per heavy atom. The molecule has 0 saturated heterocycles. The molecule has 18 heavy (non-hydrogen) atoms. The molecule has 1 aliphatic carbocycles. The third-order valence-electron chi connectivity index (χ3n) is 3.58. The smallest absolute Gasteiger partial charge is 0.173 e. The topological polar surface area (TPSA) is 64.7 Å². The summed E-state index contributed by atoms with van der Waals surface area (Å²) in [6, 6.07) is 1.20. The van der Waals surface area contributed by atoms with Gasteiger partial charge < -0.3 is 20.3 Å². The number of phenols is 1. The Kier molecular flexibility index (Phi) is 3.34. The lowest BCUT2D eigenvalue weighted by atomic mass is 9.87. The van der Waals surface area contributed by atoms with Crippen LogP contribution in [0.1, 0.15) is 31.2 Å². The highest BCUT2D eigenvalue weighted by atomic mass is 19.1. The molecule has 1 saturated carbocycles. The predicted molar refractivity (Wildman–Crippen MR) is 65.5 cm³/mol. The normalized spacial score (nSPS) is 17.8. The molecule has 1 aromatic rings. The average Bonchev–Trinajstić information content (AvgIpc) is 2.79. The van der Waals surface area contributed by atoms with Crippen LogP contribution in [0.25, 0.3) is 0 Å². The highest BCUT2D eigenvalue weighted by Crippen LogP contribution is 2.47. The second-order valence-corrected chi connectivity index (χ2v) is 4.68. The van der Waals surface area contributed by atoms with Crippen LogP contribution in [0.4, 0.5) is 4.39 Å². The van der Waals surface area contributed by atoms with Gasteiger partial charge in [0.15, 0.2) is 23.1 Å². The summed E-state index contributed by atoms with van der Waals surface area (Å²) in [4.78, 5) is 0. The number of ether oxygens (including phenoxy) is 2. The molecule has 4 nitrogen and oxygen atoms in total. The molecule has 2 rings (SSSR count). The highest BCUT2D eigenvalue weighted by molar-refractivity contribution is 5.55. The van der Waals surface area contributed by atoms with Crippen LogP contribution in [0, 0.1) is 5.82 Å². The summed E-state index contributed by atoms with van der Waals surface area (Å²) in [5.41, 5.74) is 5.69. The molecule has 0 radical (unpaired) electrons. The second-order valence-electron chi connectivity index (χ2n) is 4.68. The molecule has 3 N–H and O–H groups in total. The van der Waals surface area contributed by atoms with Gasteiger partial charge in [0.1, 0.15) is 0 Å². The molecular formula is C13H18FNO3. The Bertz CT molecular complexity index is 456. The Morgan fingerprint density at radius 1 is 1.28 bits per heavy atom. The van der Waals surface area contributed by atoms with Crippen LogP contribution in [0.2, 0.25) is 0 Å². The summed E-state index contributed by atoms with van der Waals surface area (Å²) in [6.07, 6.45) is 3.23. The van der Waals surface area contributed by atoms with Gasteiger partial charge in [-0.15, -0.1) is 0 Å². The zero-order chi connectivity index (χ0) is 13.3. The minimum atomic E-state index is -0.790. The number of hydrogen-bond donors (Lipinski definition) is 2. The number of phenolic OH excluding ortho intramolecular Hbond substituents is 1. The third-order valence-corrected chi connectivity index (χ3v) is 3.58. The van der Waals surface area contributed by atoms with Gasteiger partial charge in [-0.25, -0.2) is 4.39 Å². The molecule has 5 heteroatoms. The van der Waals surface area contributed by atoms with E-state index in [1.54, 1.807) is 0 Å². The molecule has 0 aromatic heterocycles. The van der Waals surface area contributed by atoms with Crippen molar-refractivity contribution in [1.82, 2.24) is 0 Å². The monoisotopic (exact) mass is 255 g/mol. The van der Waals surface area contributed by atoms with E-state index in [-0.39, 0.29) is 11.3 Å². The minimum Gasteiger partial charge on any atom is -0.505 e. The molecule has 0 spiro atoms. The van der Waals surface area contributed by atoms with Gasteiger partial charge >= 0.3 is 0 Å². The maximum atomic E-state index is 14.2. The average molecular weight is 255 g/mol. The molecule has 1 fully saturated rings. The van der Waals surface area contributed by atoms with Crippen molar-refractivity contribution in [2.75, 3.05) is 14.2 Å². The van der Waals surface area contributed by atoms with Crippen LogP contribution in [0.3, 0.4) is 0 Å². The fourth-order valence-electron chi connectivity index (χ4n) is 2.66. The summed E-state index contributed by atoms with van der Waals surface area (Å²) in [7, 11) is 2.88. The molecule has 100 valence electrons. The maximum absolute atomic E-state index is 14.2. The largest absolute Gasteiger partial charge is 0.505 e. The molecule has 1 aromatic carbocycles. The number of halogens is 1. The van der Waals surface area contributed by atoms with Crippen LogP contribution in [-0.2, 0) is 5.54 Å². The van der Waals surface area contributed by atoms with Gasteiger partial charge in [0.25, 0.3) is 0 Å². The van der Waals surface area contributed by atoms with E-state index < -0.39 is 17.1 Å². The molecule has 0 aliphatic heterocycles. The summed E-state index contributed by atoms with van der Waals surface area (Å²) >= 11 is 0. The van der Waals surface area contributed by atoms with Crippen LogP contribution in [-0.4, -0.2) is 19.3 Å². The van der Waals surface area contributed by atoms with E-state index in [4.69, 9.17) is 15.2 Å². The van der Waals surface area contributed by atoms with E-state index >= 15 is 0 Å². The zero-order valence-electron chi connectivity index (χ0n) is 10.6. The lowest BCUT2D eigenvalue weighted by Gasteiger charge is -2.27. The number of hydrogen-bond acceptors (Lipinski definition) is 4. The summed E-state index contributed by atoms with van der Waals surface area (Å²) in [5, 5.41) is 9.64. The van der Waals surface area contributed by atoms with Crippen molar-refractivity contribution in [1.29, 1.82) is 0 Å². The predicted octanol–water partition coefficient (Wildman–Crippen LogP) is 2.28. The van der Waals surface area contributed by atoms with E-state index in [1.165, 1.54) is 20.3 Å². The van der Waals surface area contributed by atoms with Gasteiger partial charge in [0.2, 0.25) is 0 Å². The first-order valence-electron chi connectivity index (χ1n) is 5.96. The number of methoxy groups -OCH3 is 2. The van der Waals surface area contributed by atoms with Crippen molar-refractivity contribution in [3.63, 3.8) is 0 Å². The van der Waals surface area contributed by atoms with E-state index in [1.807, 2.05) is 0 Å². The van der Waals surface area contributed by atoms with Crippen molar-refractivity contribution >= 4 is 0 Å². The quantitative estimate of drug-likeness (QED) is 0.869. The summed E-state index contributed by atoms with van der Waals surface area (Å²) < 4.78 is 24.5. The van der Waals surface area contributed by atoms with Gasteiger partial charge in [-0.3, -0.25) is 0 Å². The summed E-state index contributed by atoms with van der Waals surface area (Å²) in [6.45, 7) is 0. The van der Waals surface area contributed by atoms with Gasteiger partial charge in [0.05, 0.1) is 19.8 Å². The van der Waals surface area contributed by atoms with Crippen LogP contribution in [0.15, 0.2) is 6.07 Å². The molecule has 0 unspecified atom stereocenters. The van der Waals surface area contributed by atoms with Gasteiger partial charge in [-0.05, 0) is 12.8 Å². The second kappa shape index (κ2) is 4.65. The van der Waals surface area contributed by atoms with Crippen LogP contribution < -0.4 is 15.2 Å². The van der Waals surface area contributed by atoms with Crippen molar-refractivity contribution in [2.45, 2.75) is 31.2 Å². The van der Waals surface area contributed by atoms with Crippen LogP contribution >= 0.6 is 0 Å². The molecular weight excluding hydrogens is 237 g/mol. The third kappa shape index (κ3) is 1.88. The Morgan fingerprint density at radius 3 is 2.39 bits per heavy atom. The van der Waals surface area contributed by atoms with Gasteiger partial charge in [-0.2, -0.15) is 0 Å². The lowest BCUT2D eigenvalue weighted by Crippen LogP contribution is -2.34. The van der Waals surface area contributed by atoms with Crippen LogP contribution in [0.5, 0.6) is 17.2 Å². The zero-order valence-corrected chi connectivity index (χ0v) is 10.6. The van der Waals surface area contributed by atoms with Crippen molar-refractivity contribution in [2.24, 2.45) is 5.73 Å². The molecule has 0 amide bonds. The fraction of sp³-hybridized carbons (Fsp3) is 0.538. The first-order chi connectivity index (χ1) is 8.53. The Hall–Kier alpha value is -1.49. The van der Waals surface area contributed by atoms with Gasteiger partial charge in [-0.1, -0.05) is 12.8 Å². The van der Waals surface area contributed by atoms with E-state index in [2.05, 4.69) is 0 Å². The SMILES string of the molecule is COc1cc(O)c(F)c(C2(N)CCCC2)c1OC. The van der Waals surface area contributed by atoms with Gasteiger partial charge in [0, 0.05) is 11.6 Å². The maximum Gasteiger partial charge on any atom is 0.173 e. The van der Waals surface area contributed by atoms with E-state index in [0.29, 0.717) is 18.6 Å². The number of benzene rings is 1. The van der Waals surface area contributed by atoms with Crippen molar-refractivity contribution in [3.8, 4) is 17.2 Å². The number of rotatable bonds is 3. The molecule has 1 aliphatic rings. The first kappa shape index (κ1) is 13.0. The van der Waals surface area contributed by atoms with Crippen molar-refractivity contribution < 1.29 is 19.0 Å².